The number of aromatic nitrogens is 2. The molecule has 12 heteroatoms. The van der Waals surface area contributed by atoms with E-state index in [1.165, 1.54) is 19.6 Å². The number of aliphatic imine (C=N–C) groups is 1. The van der Waals surface area contributed by atoms with Gasteiger partial charge >= 0.3 is 0 Å². The summed E-state index contributed by atoms with van der Waals surface area (Å²) in [5, 5.41) is 7.27. The van der Waals surface area contributed by atoms with E-state index in [-0.39, 0.29) is 42.5 Å². The van der Waals surface area contributed by atoms with E-state index >= 15 is 0 Å². The lowest BCUT2D eigenvalue weighted by molar-refractivity contribution is -0.124. The summed E-state index contributed by atoms with van der Waals surface area (Å²) in [6.45, 7) is 12.5. The molecule has 2 bridgehead atoms. The summed E-state index contributed by atoms with van der Waals surface area (Å²) in [5.74, 6) is 3.06. The number of morpholine rings is 1. The molecule has 11 nitrogen and oxygen atoms in total. The first kappa shape index (κ1) is 33.3. The molecule has 2 saturated heterocycles. The van der Waals surface area contributed by atoms with Crippen LogP contribution in [0.5, 0.6) is 5.75 Å². The number of anilines is 1. The number of amides is 1. The Bertz CT molecular complexity index is 1820. The topological polar surface area (TPSA) is 113 Å². The molecule has 5 fully saturated rings. The number of nitrogens with one attached hydrogen (secondary N) is 2. The number of ether oxygens (including phenoxy) is 2. The van der Waals surface area contributed by atoms with Crippen LogP contribution >= 0.6 is 0 Å². The Hall–Kier alpha value is -4.19. The van der Waals surface area contributed by atoms with Gasteiger partial charge in [-0.2, -0.15) is 0 Å². The van der Waals surface area contributed by atoms with Gasteiger partial charge in [0.25, 0.3) is 5.56 Å². The minimum Gasteiger partial charge on any atom is -0.497 e. The highest BCUT2D eigenvalue weighted by Gasteiger charge is 2.56. The van der Waals surface area contributed by atoms with Crippen molar-refractivity contribution >= 4 is 34.4 Å². The van der Waals surface area contributed by atoms with Gasteiger partial charge in [0.1, 0.15) is 11.6 Å². The van der Waals surface area contributed by atoms with E-state index in [2.05, 4.69) is 36.3 Å². The van der Waals surface area contributed by atoms with Crippen molar-refractivity contribution in [1.29, 1.82) is 0 Å². The maximum Gasteiger partial charge on any atom is 0.262 e. The zero-order valence-electron chi connectivity index (χ0n) is 29.2. The van der Waals surface area contributed by atoms with Crippen LogP contribution in [0.3, 0.4) is 0 Å². The molecular weight excluding hydrogens is 625 g/mol. The number of carbonyl (C=O) groups is 1. The number of hydrogen-bond donors (Lipinski definition) is 2. The first-order valence-corrected chi connectivity index (χ1v) is 17.6. The minimum absolute atomic E-state index is 0.0106. The van der Waals surface area contributed by atoms with Crippen molar-refractivity contribution in [2.45, 2.75) is 65.6 Å². The van der Waals surface area contributed by atoms with Gasteiger partial charge in [-0.15, -0.1) is 0 Å². The molecule has 3 aliphatic carbocycles. The molecule has 0 radical (unpaired) electrons. The third-order valence-corrected chi connectivity index (χ3v) is 11.5. The first-order valence-electron chi connectivity index (χ1n) is 17.6. The molecule has 3 aromatic rings. The summed E-state index contributed by atoms with van der Waals surface area (Å²) in [5.41, 5.74) is 1.86. The molecule has 2 aliphatic heterocycles. The molecule has 1 aromatic heterocycles. The lowest BCUT2D eigenvalue weighted by Crippen LogP contribution is -2.63. The Labute approximate surface area is 286 Å². The van der Waals surface area contributed by atoms with Crippen LogP contribution in [0.2, 0.25) is 0 Å². The van der Waals surface area contributed by atoms with Crippen LogP contribution in [0.25, 0.3) is 10.9 Å². The van der Waals surface area contributed by atoms with E-state index in [1.54, 1.807) is 22.8 Å². The SMILES string of the molecule is COc1ccc(CCn2c(N3CCOCC3)nc3cc(N=C(N[C@H]4C[C@@H]5C[C@@H]([C@H]4C)C5(C)C)N4CC(=O)N[C@@H](C)C4)ccc3c2=O)c(F)c1. The average Bonchev–Trinajstić information content (AvgIpc) is 3.08. The van der Waals surface area contributed by atoms with Crippen LogP contribution in [0.15, 0.2) is 46.2 Å². The second kappa shape index (κ2) is 13.3. The molecule has 8 rings (SSSR count). The van der Waals surface area contributed by atoms with Crippen LogP contribution in [-0.2, 0) is 22.5 Å². The van der Waals surface area contributed by atoms with Crippen molar-refractivity contribution in [3.05, 3.63) is 58.1 Å². The monoisotopic (exact) mass is 673 g/mol. The second-order valence-corrected chi connectivity index (χ2v) is 14.9. The molecule has 0 spiro atoms. The maximum atomic E-state index is 14.8. The van der Waals surface area contributed by atoms with E-state index in [0.29, 0.717) is 102 Å². The highest BCUT2D eigenvalue weighted by molar-refractivity contribution is 5.90. The number of benzene rings is 2. The smallest absolute Gasteiger partial charge is 0.262 e. The van der Waals surface area contributed by atoms with Gasteiger partial charge in [0.05, 0.1) is 43.5 Å². The van der Waals surface area contributed by atoms with Crippen LogP contribution in [0, 0.1) is 29.0 Å². The highest BCUT2D eigenvalue weighted by atomic mass is 19.1. The fourth-order valence-electron chi connectivity index (χ4n) is 8.48. The molecule has 0 unspecified atom stereocenters. The first-order chi connectivity index (χ1) is 23.5. The Balaban J connectivity index is 1.23. The van der Waals surface area contributed by atoms with Gasteiger partial charge in [-0.1, -0.05) is 26.8 Å². The number of aryl methyl sites for hydroxylation is 1. The molecule has 2 N–H and O–H groups in total. The number of methoxy groups -OCH3 is 1. The molecular formula is C37H48FN7O4. The summed E-state index contributed by atoms with van der Waals surface area (Å²) in [6.07, 6.45) is 2.66. The number of rotatable bonds is 7. The van der Waals surface area contributed by atoms with Crippen LogP contribution in [0.1, 0.15) is 46.1 Å². The summed E-state index contributed by atoms with van der Waals surface area (Å²) >= 11 is 0. The van der Waals surface area contributed by atoms with E-state index in [0.717, 1.165) is 6.42 Å². The summed E-state index contributed by atoms with van der Waals surface area (Å²) in [4.78, 5) is 41.0. The van der Waals surface area contributed by atoms with Gasteiger partial charge in [-0.3, -0.25) is 14.2 Å². The van der Waals surface area contributed by atoms with Crippen LogP contribution < -0.4 is 25.8 Å². The predicted molar refractivity (Wildman–Crippen MR) is 188 cm³/mol. The molecule has 5 aliphatic rings. The van der Waals surface area contributed by atoms with E-state index < -0.39 is 0 Å². The van der Waals surface area contributed by atoms with E-state index in [1.807, 2.05) is 24.0 Å². The lowest BCUT2D eigenvalue weighted by Gasteiger charge is -2.62. The predicted octanol–water partition coefficient (Wildman–Crippen LogP) is 4.09. The Morgan fingerprint density at radius 3 is 2.63 bits per heavy atom. The molecule has 2 aromatic carbocycles. The molecule has 262 valence electrons. The van der Waals surface area contributed by atoms with Crippen molar-refractivity contribution in [1.82, 2.24) is 25.1 Å². The van der Waals surface area contributed by atoms with Crippen molar-refractivity contribution in [2.24, 2.45) is 28.2 Å². The average molecular weight is 674 g/mol. The van der Waals surface area contributed by atoms with Gasteiger partial charge in [-0.05, 0) is 79.2 Å². The van der Waals surface area contributed by atoms with Crippen LogP contribution in [-0.4, -0.2) is 84.9 Å². The molecule has 49 heavy (non-hydrogen) atoms. The fourth-order valence-corrected chi connectivity index (χ4v) is 8.48. The Morgan fingerprint density at radius 1 is 1.14 bits per heavy atom. The van der Waals surface area contributed by atoms with Gasteiger partial charge in [0.2, 0.25) is 11.9 Å². The summed E-state index contributed by atoms with van der Waals surface area (Å²) < 4.78 is 27.2. The molecule has 5 atom stereocenters. The third kappa shape index (κ3) is 6.47. The molecule has 1 amide bonds. The zero-order valence-corrected chi connectivity index (χ0v) is 29.2. The van der Waals surface area contributed by atoms with Crippen LogP contribution in [0.4, 0.5) is 16.0 Å². The lowest BCUT2D eigenvalue weighted by atomic mass is 9.45. The number of nitrogens with zero attached hydrogens (tertiary/aromatic N) is 5. The highest BCUT2D eigenvalue weighted by Crippen LogP contribution is 2.61. The van der Waals surface area contributed by atoms with Gasteiger partial charge in [0, 0.05) is 44.3 Å². The standard InChI is InChI=1S/C37H48FN7O4/c1-22-20-44(21-33(46)39-22)35(41-31-17-25-16-29(23(31)2)37(25,3)4)40-26-7-9-28-32(18-26)42-36(43-12-14-49-15-13-43)45(34(28)47)11-10-24-6-8-27(48-5)19-30(24)38/h6-9,18-19,22-23,25,29,31H,10-17,20-21H2,1-5H3,(H,39,46)(H,40,41)/t22-,23+,25-,29-,31-/m0/s1. The van der Waals surface area contributed by atoms with Crippen molar-refractivity contribution in [3.8, 4) is 5.75 Å². The van der Waals surface area contributed by atoms with Gasteiger partial charge in [-0.25, -0.2) is 14.4 Å². The second-order valence-electron chi connectivity index (χ2n) is 14.9. The largest absolute Gasteiger partial charge is 0.497 e. The number of guanidine groups is 1. The number of carbonyl (C=O) groups excluding carboxylic acids is 1. The van der Waals surface area contributed by atoms with Crippen molar-refractivity contribution in [3.63, 3.8) is 0 Å². The fraction of sp³-hybridized carbons (Fsp3) is 0.568. The number of halogens is 1. The Kier molecular flexibility index (Phi) is 9.02. The van der Waals surface area contributed by atoms with E-state index in [4.69, 9.17) is 19.5 Å². The number of fused-ring (bicyclic) bond motifs is 3. The third-order valence-electron chi connectivity index (χ3n) is 11.5. The maximum absolute atomic E-state index is 14.8. The van der Waals surface area contributed by atoms with Gasteiger partial charge < -0.3 is 29.9 Å². The van der Waals surface area contributed by atoms with Crippen molar-refractivity contribution < 1.29 is 18.7 Å². The summed E-state index contributed by atoms with van der Waals surface area (Å²) in [6, 6.07) is 10.5. The quantitative estimate of drug-likeness (QED) is 0.285. The van der Waals surface area contributed by atoms with Gasteiger partial charge in [0.15, 0.2) is 5.96 Å². The number of hydrogen-bond acceptors (Lipinski definition) is 7. The minimum atomic E-state index is -0.370. The molecule has 3 heterocycles. The zero-order chi connectivity index (χ0) is 34.4. The number of piperazine rings is 1. The Morgan fingerprint density at radius 2 is 1.94 bits per heavy atom. The van der Waals surface area contributed by atoms with E-state index in [9.17, 15) is 14.0 Å². The summed E-state index contributed by atoms with van der Waals surface area (Å²) in [7, 11) is 1.50. The normalized spacial score (nSPS) is 26.7. The molecule has 3 saturated carbocycles. The van der Waals surface area contributed by atoms with Crippen molar-refractivity contribution in [2.75, 3.05) is 51.4 Å².